The van der Waals surface area contributed by atoms with Gasteiger partial charge in [-0.2, -0.15) is 0 Å². The molecule has 0 atom stereocenters. The van der Waals surface area contributed by atoms with Crippen molar-refractivity contribution in [2.24, 2.45) is 0 Å². The maximum absolute atomic E-state index is 10.4. The van der Waals surface area contributed by atoms with E-state index >= 15 is 0 Å². The molecule has 0 aliphatic rings. The van der Waals surface area contributed by atoms with Crippen LogP contribution in [0.5, 0.6) is 0 Å². The summed E-state index contributed by atoms with van der Waals surface area (Å²) in [5.74, 6) is -0.997. The van der Waals surface area contributed by atoms with Crippen molar-refractivity contribution in [2.75, 3.05) is 12.0 Å². The van der Waals surface area contributed by atoms with Gasteiger partial charge in [0.1, 0.15) is 9.84 Å². The second-order valence-corrected chi connectivity index (χ2v) is 4.39. The fourth-order valence-electron chi connectivity index (χ4n) is 0.486. The van der Waals surface area contributed by atoms with Crippen LogP contribution in [0.2, 0.25) is 0 Å². The molecule has 0 saturated carbocycles. The van der Waals surface area contributed by atoms with Gasteiger partial charge in [0.15, 0.2) is 0 Å². The van der Waals surface area contributed by atoms with Gasteiger partial charge >= 0.3 is 5.97 Å². The van der Waals surface area contributed by atoms with Crippen molar-refractivity contribution in [3.05, 3.63) is 0 Å². The second-order valence-electron chi connectivity index (χ2n) is 2.13. The van der Waals surface area contributed by atoms with Crippen LogP contribution in [0.25, 0.3) is 0 Å². The normalized spacial score (nSPS) is 11.3. The summed E-state index contributed by atoms with van der Waals surface area (Å²) in [6, 6.07) is 0. The zero-order valence-electron chi connectivity index (χ0n) is 5.70. The number of hydrogen-bond acceptors (Lipinski definition) is 3. The fourth-order valence-corrected chi connectivity index (χ4v) is 1.15. The number of aliphatic carboxylic acids is 1. The smallest absolute Gasteiger partial charge is 0.303 e. The summed E-state index contributed by atoms with van der Waals surface area (Å²) in [6.45, 7) is 0. The molecule has 0 bridgehead atoms. The molecule has 1 N–H and O–H groups in total. The van der Waals surface area contributed by atoms with Gasteiger partial charge in [0.05, 0.1) is 5.75 Å². The second kappa shape index (κ2) is 3.55. The van der Waals surface area contributed by atoms with Crippen LogP contribution < -0.4 is 0 Å². The van der Waals surface area contributed by atoms with Gasteiger partial charge in [-0.25, -0.2) is 8.42 Å². The van der Waals surface area contributed by atoms with E-state index in [9.17, 15) is 13.2 Å². The first-order valence-corrected chi connectivity index (χ1v) is 4.87. The van der Waals surface area contributed by atoms with E-state index < -0.39 is 15.8 Å². The molecule has 0 saturated heterocycles. The summed E-state index contributed by atoms with van der Waals surface area (Å²) >= 11 is 0. The third-order valence-corrected chi connectivity index (χ3v) is 1.94. The molecule has 0 aliphatic carbocycles. The van der Waals surface area contributed by atoms with E-state index in [4.69, 9.17) is 5.11 Å². The highest BCUT2D eigenvalue weighted by Crippen LogP contribution is 1.93. The van der Waals surface area contributed by atoms with E-state index in [0.717, 1.165) is 6.26 Å². The van der Waals surface area contributed by atoms with Gasteiger partial charge in [-0.05, 0) is 6.42 Å². The van der Waals surface area contributed by atoms with E-state index in [1.165, 1.54) is 0 Å². The molecule has 0 radical (unpaired) electrons. The minimum atomic E-state index is -2.98. The Kier molecular flexibility index (Phi) is 3.35. The Morgan fingerprint density at radius 1 is 1.50 bits per heavy atom. The summed E-state index contributed by atoms with van der Waals surface area (Å²) < 4.78 is 20.8. The van der Waals surface area contributed by atoms with Crippen molar-refractivity contribution < 1.29 is 18.3 Å². The van der Waals surface area contributed by atoms with Crippen molar-refractivity contribution >= 4 is 15.8 Å². The topological polar surface area (TPSA) is 71.4 Å². The first-order chi connectivity index (χ1) is 4.42. The molecule has 0 aliphatic heterocycles. The predicted molar refractivity (Wildman–Crippen MR) is 36.6 cm³/mol. The lowest BCUT2D eigenvalue weighted by Crippen LogP contribution is -2.05. The van der Waals surface area contributed by atoms with Gasteiger partial charge in [0.25, 0.3) is 0 Å². The number of carboxylic acid groups (broad SMARTS) is 1. The molecule has 0 aromatic carbocycles. The minimum absolute atomic E-state index is 0.0424. The van der Waals surface area contributed by atoms with Crippen molar-refractivity contribution in [2.45, 2.75) is 12.8 Å². The minimum Gasteiger partial charge on any atom is -0.481 e. The molecular weight excluding hydrogens is 156 g/mol. The Labute approximate surface area is 59.8 Å². The van der Waals surface area contributed by atoms with E-state index in [1.807, 2.05) is 0 Å². The SMILES string of the molecule is CS(=O)(=O)CCCC(=O)O. The van der Waals surface area contributed by atoms with Gasteiger partial charge < -0.3 is 5.11 Å². The van der Waals surface area contributed by atoms with E-state index in [2.05, 4.69) is 0 Å². The Bertz CT molecular complexity index is 204. The van der Waals surface area contributed by atoms with E-state index in [1.54, 1.807) is 0 Å². The molecule has 0 aromatic rings. The summed E-state index contributed by atoms with van der Waals surface area (Å²) in [6.07, 6.45) is 1.22. The largest absolute Gasteiger partial charge is 0.481 e. The van der Waals surface area contributed by atoms with Gasteiger partial charge in [0.2, 0.25) is 0 Å². The van der Waals surface area contributed by atoms with Crippen LogP contribution in [0.4, 0.5) is 0 Å². The molecular formula is C5H10O4S. The summed E-state index contributed by atoms with van der Waals surface area (Å²) in [5, 5.41) is 8.12. The summed E-state index contributed by atoms with van der Waals surface area (Å²) in [7, 11) is -2.98. The Morgan fingerprint density at radius 3 is 2.30 bits per heavy atom. The molecule has 0 fully saturated rings. The molecule has 5 heteroatoms. The fraction of sp³-hybridized carbons (Fsp3) is 0.800. The molecule has 0 unspecified atom stereocenters. The van der Waals surface area contributed by atoms with Crippen LogP contribution in [0, 0.1) is 0 Å². The summed E-state index contributed by atoms with van der Waals surface area (Å²) in [5.41, 5.74) is 0. The number of hydrogen-bond donors (Lipinski definition) is 1. The van der Waals surface area contributed by atoms with Gasteiger partial charge in [-0.15, -0.1) is 0 Å². The third kappa shape index (κ3) is 7.42. The average molecular weight is 166 g/mol. The zero-order chi connectivity index (χ0) is 8.20. The van der Waals surface area contributed by atoms with E-state index in [0.29, 0.717) is 0 Å². The van der Waals surface area contributed by atoms with Crippen molar-refractivity contribution in [1.29, 1.82) is 0 Å². The van der Waals surface area contributed by atoms with Crippen LogP contribution in [0.15, 0.2) is 0 Å². The predicted octanol–water partition coefficient (Wildman–Crippen LogP) is -0.104. The van der Waals surface area contributed by atoms with Crippen LogP contribution in [-0.4, -0.2) is 31.5 Å². The lowest BCUT2D eigenvalue weighted by molar-refractivity contribution is -0.137. The van der Waals surface area contributed by atoms with Crippen LogP contribution in [0.1, 0.15) is 12.8 Å². The first kappa shape index (κ1) is 9.42. The van der Waals surface area contributed by atoms with Crippen molar-refractivity contribution in [1.82, 2.24) is 0 Å². The number of carbonyl (C=O) groups is 1. The van der Waals surface area contributed by atoms with Crippen LogP contribution >= 0.6 is 0 Å². The maximum atomic E-state index is 10.4. The molecule has 60 valence electrons. The highest BCUT2D eigenvalue weighted by Gasteiger charge is 2.03. The monoisotopic (exact) mass is 166 g/mol. The highest BCUT2D eigenvalue weighted by molar-refractivity contribution is 7.90. The van der Waals surface area contributed by atoms with Crippen molar-refractivity contribution in [3.63, 3.8) is 0 Å². The highest BCUT2D eigenvalue weighted by atomic mass is 32.2. The Balaban J connectivity index is 3.49. The molecule has 0 aromatic heterocycles. The summed E-state index contributed by atoms with van der Waals surface area (Å²) in [4.78, 5) is 9.89. The lowest BCUT2D eigenvalue weighted by Gasteiger charge is -1.93. The maximum Gasteiger partial charge on any atom is 0.303 e. The molecule has 0 heterocycles. The van der Waals surface area contributed by atoms with Crippen molar-refractivity contribution in [3.8, 4) is 0 Å². The van der Waals surface area contributed by atoms with Gasteiger partial charge in [0, 0.05) is 12.7 Å². The molecule has 0 amide bonds. The number of carboxylic acids is 1. The Hall–Kier alpha value is -0.580. The van der Waals surface area contributed by atoms with Gasteiger partial charge in [-0.1, -0.05) is 0 Å². The number of rotatable bonds is 4. The van der Waals surface area contributed by atoms with Crippen LogP contribution in [0.3, 0.4) is 0 Å². The Morgan fingerprint density at radius 2 is 2.00 bits per heavy atom. The lowest BCUT2D eigenvalue weighted by atomic mass is 10.3. The third-order valence-electron chi connectivity index (χ3n) is 0.906. The molecule has 4 nitrogen and oxygen atoms in total. The zero-order valence-corrected chi connectivity index (χ0v) is 6.52. The average Bonchev–Trinajstić information content (AvgIpc) is 1.59. The molecule has 0 rings (SSSR count). The molecule has 10 heavy (non-hydrogen) atoms. The standard InChI is InChI=1S/C5H10O4S/c1-10(8,9)4-2-3-5(6)7/h2-4H2,1H3,(H,6,7). The number of sulfone groups is 1. The van der Waals surface area contributed by atoms with Crippen LogP contribution in [-0.2, 0) is 14.6 Å². The quantitative estimate of drug-likeness (QED) is 0.632. The van der Waals surface area contributed by atoms with Gasteiger partial charge in [-0.3, -0.25) is 4.79 Å². The molecule has 0 spiro atoms. The van der Waals surface area contributed by atoms with E-state index in [-0.39, 0.29) is 18.6 Å². The first-order valence-electron chi connectivity index (χ1n) is 2.81.